The van der Waals surface area contributed by atoms with E-state index in [-0.39, 0.29) is 42.5 Å². The fourth-order valence-corrected chi connectivity index (χ4v) is 3.35. The van der Waals surface area contributed by atoms with Crippen LogP contribution in [0.1, 0.15) is 24.0 Å². The molecule has 0 spiro atoms. The number of rotatable bonds is 7. The maximum Gasteiger partial charge on any atom is 0.241 e. The Hall–Kier alpha value is -1.00. The van der Waals surface area contributed by atoms with Crippen molar-refractivity contribution in [3.05, 3.63) is 29.3 Å². The van der Waals surface area contributed by atoms with Crippen molar-refractivity contribution in [2.75, 3.05) is 40.0 Å². The summed E-state index contributed by atoms with van der Waals surface area (Å²) in [6.07, 6.45) is 4.46. The molecule has 1 aromatic carbocycles. The van der Waals surface area contributed by atoms with E-state index >= 15 is 0 Å². The molecule has 0 aromatic heterocycles. The van der Waals surface area contributed by atoms with Gasteiger partial charge in [-0.1, -0.05) is 12.1 Å². The maximum atomic E-state index is 11.9. The van der Waals surface area contributed by atoms with Gasteiger partial charge >= 0.3 is 0 Å². The number of carbonyl (C=O) groups excluding carboxylic acids is 1. The SMILES string of the molecule is CSc1cc(C)ccc1CN=C(NCC(=O)N(C)C)NCC1CCCO1.I. The normalized spacial score (nSPS) is 16.6. The second kappa shape index (κ2) is 12.5. The van der Waals surface area contributed by atoms with E-state index in [0.29, 0.717) is 19.0 Å². The molecule has 1 amide bonds. The van der Waals surface area contributed by atoms with Crippen LogP contribution in [0.15, 0.2) is 28.1 Å². The lowest BCUT2D eigenvalue weighted by atomic mass is 10.1. The quantitative estimate of drug-likeness (QED) is 0.258. The van der Waals surface area contributed by atoms with Gasteiger partial charge in [-0.25, -0.2) is 4.99 Å². The fraction of sp³-hybridized carbons (Fsp3) is 0.579. The van der Waals surface area contributed by atoms with Crippen LogP contribution in [0.4, 0.5) is 0 Å². The Morgan fingerprint density at radius 3 is 2.78 bits per heavy atom. The van der Waals surface area contributed by atoms with Crippen LogP contribution in [0.5, 0.6) is 0 Å². The molecule has 8 heteroatoms. The molecule has 2 rings (SSSR count). The number of carbonyl (C=O) groups is 1. The van der Waals surface area contributed by atoms with Crippen molar-refractivity contribution in [2.24, 2.45) is 4.99 Å². The van der Waals surface area contributed by atoms with Gasteiger partial charge in [0.25, 0.3) is 0 Å². The second-order valence-electron chi connectivity index (χ2n) is 6.64. The van der Waals surface area contributed by atoms with Gasteiger partial charge in [-0.3, -0.25) is 4.79 Å². The summed E-state index contributed by atoms with van der Waals surface area (Å²) in [5, 5.41) is 6.44. The molecule has 27 heavy (non-hydrogen) atoms. The monoisotopic (exact) mass is 506 g/mol. The second-order valence-corrected chi connectivity index (χ2v) is 7.49. The molecule has 1 heterocycles. The largest absolute Gasteiger partial charge is 0.376 e. The molecule has 0 bridgehead atoms. The number of halogens is 1. The highest BCUT2D eigenvalue weighted by Crippen LogP contribution is 2.22. The topological polar surface area (TPSA) is 66.0 Å². The fourth-order valence-electron chi connectivity index (χ4n) is 2.65. The van der Waals surface area contributed by atoms with Gasteiger partial charge < -0.3 is 20.3 Å². The number of hydrogen-bond donors (Lipinski definition) is 2. The minimum atomic E-state index is 0. The molecule has 1 fully saturated rings. The van der Waals surface area contributed by atoms with Gasteiger partial charge in [0.15, 0.2) is 5.96 Å². The van der Waals surface area contributed by atoms with Gasteiger partial charge in [0.2, 0.25) is 5.91 Å². The predicted molar refractivity (Wildman–Crippen MR) is 123 cm³/mol. The Morgan fingerprint density at radius 1 is 1.37 bits per heavy atom. The van der Waals surface area contributed by atoms with Crippen molar-refractivity contribution in [1.82, 2.24) is 15.5 Å². The average molecular weight is 506 g/mol. The molecular formula is C19H31IN4O2S. The number of guanidine groups is 1. The first-order valence-electron chi connectivity index (χ1n) is 8.97. The van der Waals surface area contributed by atoms with Gasteiger partial charge in [0.05, 0.1) is 19.2 Å². The highest BCUT2D eigenvalue weighted by molar-refractivity contribution is 14.0. The van der Waals surface area contributed by atoms with E-state index in [4.69, 9.17) is 4.74 Å². The van der Waals surface area contributed by atoms with Crippen molar-refractivity contribution < 1.29 is 9.53 Å². The number of ether oxygens (including phenoxy) is 1. The standard InChI is InChI=1S/C19H30N4O2S.HI/c1-14-7-8-15(17(10-14)26-4)11-20-19(22-13-18(24)23(2)3)21-12-16-6-5-9-25-16;/h7-8,10,16H,5-6,9,11-13H2,1-4H3,(H2,20,21,22);1H. The Labute approximate surface area is 183 Å². The van der Waals surface area contributed by atoms with Gasteiger partial charge in [0.1, 0.15) is 0 Å². The first kappa shape index (κ1) is 24.0. The van der Waals surface area contributed by atoms with E-state index in [1.165, 1.54) is 16.0 Å². The average Bonchev–Trinajstić information content (AvgIpc) is 3.14. The highest BCUT2D eigenvalue weighted by Gasteiger charge is 2.16. The molecule has 1 aromatic rings. The van der Waals surface area contributed by atoms with Crippen molar-refractivity contribution in [3.8, 4) is 0 Å². The van der Waals surface area contributed by atoms with Gasteiger partial charge in [-0.2, -0.15) is 0 Å². The Balaban J connectivity index is 0.00000364. The number of likely N-dealkylation sites (N-methyl/N-ethyl adjacent to an activating group) is 1. The molecule has 1 aliphatic heterocycles. The zero-order chi connectivity index (χ0) is 18.9. The van der Waals surface area contributed by atoms with Crippen LogP contribution in [-0.2, 0) is 16.1 Å². The number of amides is 1. The summed E-state index contributed by atoms with van der Waals surface area (Å²) in [5.41, 5.74) is 2.42. The van der Waals surface area contributed by atoms with Crippen molar-refractivity contribution in [2.45, 2.75) is 37.3 Å². The number of benzene rings is 1. The first-order chi connectivity index (χ1) is 12.5. The minimum absolute atomic E-state index is 0. The third-order valence-electron chi connectivity index (χ3n) is 4.28. The van der Waals surface area contributed by atoms with Crippen LogP contribution in [0.2, 0.25) is 0 Å². The third-order valence-corrected chi connectivity index (χ3v) is 5.10. The summed E-state index contributed by atoms with van der Waals surface area (Å²) >= 11 is 1.73. The summed E-state index contributed by atoms with van der Waals surface area (Å²) in [6.45, 7) is 4.40. The van der Waals surface area contributed by atoms with E-state index < -0.39 is 0 Å². The molecule has 6 nitrogen and oxygen atoms in total. The number of hydrogen-bond acceptors (Lipinski definition) is 4. The van der Waals surface area contributed by atoms with E-state index in [1.807, 2.05) is 0 Å². The number of thioether (sulfide) groups is 1. The molecule has 1 aliphatic rings. The van der Waals surface area contributed by atoms with Crippen LogP contribution >= 0.6 is 35.7 Å². The zero-order valence-electron chi connectivity index (χ0n) is 16.6. The maximum absolute atomic E-state index is 11.9. The third kappa shape index (κ3) is 8.27. The Bertz CT molecular complexity index is 634. The van der Waals surface area contributed by atoms with Crippen LogP contribution in [0.25, 0.3) is 0 Å². The zero-order valence-corrected chi connectivity index (χ0v) is 19.7. The summed E-state index contributed by atoms with van der Waals surface area (Å²) in [5.74, 6) is 0.653. The molecule has 0 radical (unpaired) electrons. The summed E-state index contributed by atoms with van der Waals surface area (Å²) in [4.78, 5) is 19.4. The lowest BCUT2D eigenvalue weighted by Gasteiger charge is -2.17. The van der Waals surface area contributed by atoms with E-state index in [2.05, 4.69) is 47.0 Å². The molecular weight excluding hydrogens is 475 g/mol. The molecule has 1 unspecified atom stereocenters. The van der Waals surface area contributed by atoms with Crippen LogP contribution in [0.3, 0.4) is 0 Å². The van der Waals surface area contributed by atoms with Gasteiger partial charge in [-0.15, -0.1) is 35.7 Å². The van der Waals surface area contributed by atoms with Crippen LogP contribution < -0.4 is 10.6 Å². The van der Waals surface area contributed by atoms with E-state index in [0.717, 1.165) is 19.4 Å². The molecule has 0 saturated carbocycles. The Kier molecular flexibility index (Phi) is 11.1. The summed E-state index contributed by atoms with van der Waals surface area (Å²) in [6, 6.07) is 6.40. The minimum Gasteiger partial charge on any atom is -0.376 e. The van der Waals surface area contributed by atoms with E-state index in [1.54, 1.807) is 30.8 Å². The van der Waals surface area contributed by atoms with E-state index in [9.17, 15) is 4.79 Å². The summed E-state index contributed by atoms with van der Waals surface area (Å²) < 4.78 is 5.66. The predicted octanol–water partition coefficient (Wildman–Crippen LogP) is 2.64. The molecule has 2 N–H and O–H groups in total. The highest BCUT2D eigenvalue weighted by atomic mass is 127. The summed E-state index contributed by atoms with van der Waals surface area (Å²) in [7, 11) is 3.50. The smallest absolute Gasteiger partial charge is 0.241 e. The number of nitrogens with one attached hydrogen (secondary N) is 2. The lowest BCUT2D eigenvalue weighted by Crippen LogP contribution is -2.45. The number of aryl methyl sites for hydroxylation is 1. The molecule has 152 valence electrons. The van der Waals surface area contributed by atoms with Crippen LogP contribution in [-0.4, -0.2) is 62.9 Å². The van der Waals surface area contributed by atoms with Crippen molar-refractivity contribution in [3.63, 3.8) is 0 Å². The van der Waals surface area contributed by atoms with Gasteiger partial charge in [-0.05, 0) is 43.2 Å². The Morgan fingerprint density at radius 2 is 2.15 bits per heavy atom. The van der Waals surface area contributed by atoms with Gasteiger partial charge in [0, 0.05) is 32.1 Å². The molecule has 1 saturated heterocycles. The van der Waals surface area contributed by atoms with Crippen LogP contribution in [0, 0.1) is 6.92 Å². The lowest BCUT2D eigenvalue weighted by molar-refractivity contribution is -0.127. The molecule has 0 aliphatic carbocycles. The first-order valence-corrected chi connectivity index (χ1v) is 10.2. The number of aliphatic imine (C=N–C) groups is 1. The van der Waals surface area contributed by atoms with Crippen molar-refractivity contribution in [1.29, 1.82) is 0 Å². The molecule has 1 atom stereocenters. The van der Waals surface area contributed by atoms with Crippen molar-refractivity contribution >= 4 is 47.6 Å². The number of nitrogens with zero attached hydrogens (tertiary/aromatic N) is 2.